The highest BCUT2D eigenvalue weighted by Gasteiger charge is 2.37. The summed E-state index contributed by atoms with van der Waals surface area (Å²) in [7, 11) is 0. The average Bonchev–Trinajstić information content (AvgIpc) is 2.69. The summed E-state index contributed by atoms with van der Waals surface area (Å²) in [4.78, 5) is 2.32. The first-order valence-electron chi connectivity index (χ1n) is 8.16. The lowest BCUT2D eigenvalue weighted by molar-refractivity contribution is 0.00370. The summed E-state index contributed by atoms with van der Waals surface area (Å²) >= 11 is 0. The Bertz CT molecular complexity index is 207. The van der Waals surface area contributed by atoms with Crippen molar-refractivity contribution >= 4 is 0 Å². The van der Waals surface area contributed by atoms with E-state index in [-0.39, 0.29) is 6.23 Å². The van der Waals surface area contributed by atoms with Crippen LogP contribution in [0.1, 0.15) is 72.1 Å². The Morgan fingerprint density at radius 1 is 0.944 bits per heavy atom. The molecule has 2 heteroatoms. The third-order valence-electron chi connectivity index (χ3n) is 4.63. The van der Waals surface area contributed by atoms with E-state index in [0.29, 0.717) is 11.8 Å². The third kappa shape index (κ3) is 4.55. The van der Waals surface area contributed by atoms with Gasteiger partial charge in [-0.15, -0.1) is 0 Å². The molecule has 0 aromatic heterocycles. The van der Waals surface area contributed by atoms with Crippen molar-refractivity contribution in [2.24, 2.45) is 11.8 Å². The van der Waals surface area contributed by atoms with E-state index in [0.717, 1.165) is 19.5 Å². The van der Waals surface area contributed by atoms with Crippen molar-refractivity contribution in [3.8, 4) is 0 Å². The lowest BCUT2D eigenvalue weighted by Crippen LogP contribution is -2.33. The van der Waals surface area contributed by atoms with E-state index in [2.05, 4.69) is 25.7 Å². The maximum atomic E-state index is 10.3. The molecule has 1 rings (SSSR count). The molecule has 0 bridgehead atoms. The van der Waals surface area contributed by atoms with Crippen molar-refractivity contribution in [3.05, 3.63) is 0 Å². The minimum absolute atomic E-state index is 0.171. The van der Waals surface area contributed by atoms with Gasteiger partial charge in [-0.25, -0.2) is 0 Å². The first kappa shape index (κ1) is 16.0. The van der Waals surface area contributed by atoms with E-state index in [1.54, 1.807) is 0 Å². The number of likely N-dealkylation sites (tertiary alicyclic amines) is 1. The molecule has 0 aromatic rings. The van der Waals surface area contributed by atoms with Gasteiger partial charge in [0.05, 0.1) is 0 Å². The summed E-state index contributed by atoms with van der Waals surface area (Å²) < 4.78 is 0. The van der Waals surface area contributed by atoms with E-state index in [1.807, 2.05) is 0 Å². The van der Waals surface area contributed by atoms with Crippen LogP contribution in [0.5, 0.6) is 0 Å². The molecule has 18 heavy (non-hydrogen) atoms. The van der Waals surface area contributed by atoms with E-state index in [1.165, 1.54) is 44.9 Å². The van der Waals surface area contributed by atoms with Crippen LogP contribution in [0.2, 0.25) is 0 Å². The Morgan fingerprint density at radius 3 is 2.17 bits per heavy atom. The van der Waals surface area contributed by atoms with Crippen molar-refractivity contribution in [2.75, 3.05) is 13.1 Å². The molecular formula is C16H33NO. The highest BCUT2D eigenvalue weighted by Crippen LogP contribution is 2.33. The van der Waals surface area contributed by atoms with Crippen molar-refractivity contribution in [1.29, 1.82) is 0 Å². The van der Waals surface area contributed by atoms with Crippen LogP contribution in [-0.2, 0) is 0 Å². The van der Waals surface area contributed by atoms with E-state index >= 15 is 0 Å². The van der Waals surface area contributed by atoms with Crippen LogP contribution in [0, 0.1) is 11.8 Å². The highest BCUT2D eigenvalue weighted by molar-refractivity contribution is 4.85. The van der Waals surface area contributed by atoms with Gasteiger partial charge in [-0.1, -0.05) is 59.3 Å². The maximum Gasteiger partial charge on any atom is 0.110 e. The van der Waals surface area contributed by atoms with Crippen LogP contribution in [0.4, 0.5) is 0 Å². The summed E-state index contributed by atoms with van der Waals surface area (Å²) in [5.74, 6) is 1.22. The zero-order valence-electron chi connectivity index (χ0n) is 12.7. The van der Waals surface area contributed by atoms with Crippen LogP contribution in [0.15, 0.2) is 0 Å². The monoisotopic (exact) mass is 255 g/mol. The molecule has 1 N–H and O–H groups in total. The van der Waals surface area contributed by atoms with Gasteiger partial charge in [0.15, 0.2) is 0 Å². The molecule has 3 unspecified atom stereocenters. The van der Waals surface area contributed by atoms with Gasteiger partial charge < -0.3 is 5.11 Å². The zero-order chi connectivity index (χ0) is 13.4. The molecule has 0 aromatic carbocycles. The van der Waals surface area contributed by atoms with Gasteiger partial charge in [0.25, 0.3) is 0 Å². The van der Waals surface area contributed by atoms with Gasteiger partial charge in [-0.05, 0) is 18.8 Å². The topological polar surface area (TPSA) is 23.5 Å². The number of rotatable bonds is 9. The minimum atomic E-state index is -0.171. The molecular weight excluding hydrogens is 222 g/mol. The SMILES string of the molecule is CCCCCCCCN1CC(CC)C(CC)C1O. The summed E-state index contributed by atoms with van der Waals surface area (Å²) in [6, 6.07) is 0. The van der Waals surface area contributed by atoms with Gasteiger partial charge in [0.1, 0.15) is 6.23 Å². The second-order valence-electron chi connectivity index (χ2n) is 5.92. The molecule has 0 amide bonds. The van der Waals surface area contributed by atoms with E-state index < -0.39 is 0 Å². The van der Waals surface area contributed by atoms with Crippen molar-refractivity contribution < 1.29 is 5.11 Å². The van der Waals surface area contributed by atoms with Crippen molar-refractivity contribution in [3.63, 3.8) is 0 Å². The fourth-order valence-corrected chi connectivity index (χ4v) is 3.35. The summed E-state index contributed by atoms with van der Waals surface area (Å²) in [5.41, 5.74) is 0. The summed E-state index contributed by atoms with van der Waals surface area (Å²) in [6.07, 6.45) is 10.2. The van der Waals surface area contributed by atoms with E-state index in [4.69, 9.17) is 0 Å². The number of aliphatic hydroxyl groups excluding tert-OH is 1. The quantitative estimate of drug-likeness (QED) is 0.629. The number of unbranched alkanes of at least 4 members (excludes halogenated alkanes) is 5. The molecule has 1 saturated heterocycles. The first-order chi connectivity index (χ1) is 8.74. The van der Waals surface area contributed by atoms with Gasteiger partial charge in [-0.3, -0.25) is 4.90 Å². The first-order valence-corrected chi connectivity index (χ1v) is 8.16. The average molecular weight is 255 g/mol. The normalized spacial score (nSPS) is 29.0. The number of aliphatic hydroxyl groups is 1. The lowest BCUT2D eigenvalue weighted by Gasteiger charge is -2.22. The Labute approximate surface area is 114 Å². The fourth-order valence-electron chi connectivity index (χ4n) is 3.35. The lowest BCUT2D eigenvalue weighted by atomic mass is 9.90. The van der Waals surface area contributed by atoms with Gasteiger partial charge in [0, 0.05) is 19.0 Å². The number of hydrogen-bond acceptors (Lipinski definition) is 2. The molecule has 0 radical (unpaired) electrons. The van der Waals surface area contributed by atoms with E-state index in [9.17, 15) is 5.11 Å². The molecule has 0 aliphatic carbocycles. The predicted octanol–water partition coefficient (Wildman–Crippen LogP) is 4.03. The fraction of sp³-hybridized carbons (Fsp3) is 1.00. The molecule has 1 heterocycles. The van der Waals surface area contributed by atoms with Crippen LogP contribution >= 0.6 is 0 Å². The van der Waals surface area contributed by atoms with Gasteiger partial charge >= 0.3 is 0 Å². The molecule has 1 aliphatic heterocycles. The van der Waals surface area contributed by atoms with Crippen LogP contribution in [-0.4, -0.2) is 29.3 Å². The van der Waals surface area contributed by atoms with Crippen LogP contribution in [0.3, 0.4) is 0 Å². The third-order valence-corrected chi connectivity index (χ3v) is 4.63. The smallest absolute Gasteiger partial charge is 0.110 e. The molecule has 3 atom stereocenters. The Kier molecular flexibility index (Phi) is 7.92. The highest BCUT2D eigenvalue weighted by atomic mass is 16.3. The number of hydrogen-bond donors (Lipinski definition) is 1. The number of nitrogens with zero attached hydrogens (tertiary/aromatic N) is 1. The standard InChI is InChI=1S/C16H33NO/c1-4-7-8-9-10-11-12-17-13-14(5-2)15(6-3)16(17)18/h14-16,18H,4-13H2,1-3H3. The molecule has 0 saturated carbocycles. The van der Waals surface area contributed by atoms with Gasteiger partial charge in [0.2, 0.25) is 0 Å². The van der Waals surface area contributed by atoms with Gasteiger partial charge in [-0.2, -0.15) is 0 Å². The maximum absolute atomic E-state index is 10.3. The molecule has 2 nitrogen and oxygen atoms in total. The zero-order valence-corrected chi connectivity index (χ0v) is 12.7. The van der Waals surface area contributed by atoms with Crippen LogP contribution in [0.25, 0.3) is 0 Å². The van der Waals surface area contributed by atoms with Crippen LogP contribution < -0.4 is 0 Å². The minimum Gasteiger partial charge on any atom is -0.378 e. The molecule has 1 fully saturated rings. The van der Waals surface area contributed by atoms with Crippen molar-refractivity contribution in [1.82, 2.24) is 4.90 Å². The largest absolute Gasteiger partial charge is 0.378 e. The van der Waals surface area contributed by atoms with Crippen molar-refractivity contribution in [2.45, 2.75) is 78.4 Å². The Balaban J connectivity index is 2.18. The molecule has 108 valence electrons. The summed E-state index contributed by atoms with van der Waals surface area (Å²) in [6.45, 7) is 8.95. The molecule has 0 spiro atoms. The Morgan fingerprint density at radius 2 is 1.61 bits per heavy atom. The predicted molar refractivity (Wildman–Crippen MR) is 78.5 cm³/mol. The second-order valence-corrected chi connectivity index (χ2v) is 5.92. The Hall–Kier alpha value is -0.0800. The second kappa shape index (κ2) is 8.92. The summed E-state index contributed by atoms with van der Waals surface area (Å²) in [5, 5.41) is 10.3. The molecule has 1 aliphatic rings.